The van der Waals surface area contributed by atoms with Crippen LogP contribution in [0.25, 0.3) is 11.0 Å². The standard InChI is InChI=1S/C17H27N3O/c1-4-8-17-19-15-9-5-6-10-16(15)20(17)14(2)13-18-11-7-12-21-3/h5-6,9-10,14,18H,4,7-8,11-13H2,1-3H3. The van der Waals surface area contributed by atoms with E-state index in [4.69, 9.17) is 9.72 Å². The van der Waals surface area contributed by atoms with E-state index in [1.165, 1.54) is 11.3 Å². The van der Waals surface area contributed by atoms with Crippen molar-refractivity contribution in [1.82, 2.24) is 14.9 Å². The van der Waals surface area contributed by atoms with Crippen LogP contribution >= 0.6 is 0 Å². The highest BCUT2D eigenvalue weighted by atomic mass is 16.5. The topological polar surface area (TPSA) is 39.1 Å². The first kappa shape index (κ1) is 16.0. The van der Waals surface area contributed by atoms with Crippen molar-refractivity contribution in [2.45, 2.75) is 39.2 Å². The second-order valence-electron chi connectivity index (χ2n) is 5.54. The Morgan fingerprint density at radius 3 is 2.90 bits per heavy atom. The van der Waals surface area contributed by atoms with Crippen LogP contribution in [-0.4, -0.2) is 36.4 Å². The van der Waals surface area contributed by atoms with E-state index in [2.05, 4.69) is 48.0 Å². The molecule has 2 rings (SSSR count). The van der Waals surface area contributed by atoms with Crippen LogP contribution in [0.3, 0.4) is 0 Å². The van der Waals surface area contributed by atoms with Gasteiger partial charge in [-0.05, 0) is 38.4 Å². The lowest BCUT2D eigenvalue weighted by Gasteiger charge is -2.18. The molecule has 0 amide bonds. The summed E-state index contributed by atoms with van der Waals surface area (Å²) in [7, 11) is 1.75. The Hall–Kier alpha value is -1.39. The fourth-order valence-electron chi connectivity index (χ4n) is 2.73. The summed E-state index contributed by atoms with van der Waals surface area (Å²) < 4.78 is 7.47. The van der Waals surface area contributed by atoms with Gasteiger partial charge in [0.25, 0.3) is 0 Å². The second kappa shape index (κ2) is 8.15. The molecule has 1 aromatic carbocycles. The monoisotopic (exact) mass is 289 g/mol. The first-order valence-electron chi connectivity index (χ1n) is 7.93. The van der Waals surface area contributed by atoms with Gasteiger partial charge in [0.15, 0.2) is 0 Å². The number of imidazole rings is 1. The summed E-state index contributed by atoms with van der Waals surface area (Å²) in [6, 6.07) is 8.83. The zero-order valence-electron chi connectivity index (χ0n) is 13.4. The summed E-state index contributed by atoms with van der Waals surface area (Å²) in [5, 5.41) is 3.51. The van der Waals surface area contributed by atoms with Crippen molar-refractivity contribution in [2.75, 3.05) is 26.8 Å². The van der Waals surface area contributed by atoms with E-state index in [1.54, 1.807) is 7.11 Å². The summed E-state index contributed by atoms with van der Waals surface area (Å²) >= 11 is 0. The fourth-order valence-corrected chi connectivity index (χ4v) is 2.73. The second-order valence-corrected chi connectivity index (χ2v) is 5.54. The van der Waals surface area contributed by atoms with Crippen molar-refractivity contribution in [3.05, 3.63) is 30.1 Å². The average Bonchev–Trinajstić information content (AvgIpc) is 2.85. The average molecular weight is 289 g/mol. The number of methoxy groups -OCH3 is 1. The largest absolute Gasteiger partial charge is 0.385 e. The Bertz CT molecular complexity index is 550. The number of aryl methyl sites for hydroxylation is 1. The predicted octanol–water partition coefficient (Wildman–Crippen LogP) is 3.18. The van der Waals surface area contributed by atoms with Crippen molar-refractivity contribution in [1.29, 1.82) is 0 Å². The first-order chi connectivity index (χ1) is 10.3. The molecule has 0 fully saturated rings. The minimum Gasteiger partial charge on any atom is -0.385 e. The van der Waals surface area contributed by atoms with Crippen LogP contribution in [0.2, 0.25) is 0 Å². The molecule has 0 bridgehead atoms. The molecular formula is C17H27N3O. The van der Waals surface area contributed by atoms with Gasteiger partial charge >= 0.3 is 0 Å². The quantitative estimate of drug-likeness (QED) is 0.721. The molecule has 4 heteroatoms. The van der Waals surface area contributed by atoms with E-state index in [1.807, 2.05) is 0 Å². The molecule has 0 aliphatic heterocycles. The zero-order chi connectivity index (χ0) is 15.1. The van der Waals surface area contributed by atoms with Gasteiger partial charge < -0.3 is 14.6 Å². The predicted molar refractivity (Wildman–Crippen MR) is 87.8 cm³/mol. The third-order valence-electron chi connectivity index (χ3n) is 3.72. The molecule has 0 aliphatic carbocycles. The van der Waals surface area contributed by atoms with E-state index in [9.17, 15) is 0 Å². The minimum atomic E-state index is 0.404. The zero-order valence-corrected chi connectivity index (χ0v) is 13.4. The lowest BCUT2D eigenvalue weighted by atomic mass is 10.2. The van der Waals surface area contributed by atoms with Gasteiger partial charge in [-0.15, -0.1) is 0 Å². The summed E-state index contributed by atoms with van der Waals surface area (Å²) in [6.07, 6.45) is 3.20. The van der Waals surface area contributed by atoms with E-state index < -0.39 is 0 Å². The van der Waals surface area contributed by atoms with Gasteiger partial charge in [0.05, 0.1) is 11.0 Å². The summed E-state index contributed by atoms with van der Waals surface area (Å²) in [6.45, 7) is 7.24. The van der Waals surface area contributed by atoms with Gasteiger partial charge in [-0.2, -0.15) is 0 Å². The molecule has 1 heterocycles. The maximum atomic E-state index is 5.07. The van der Waals surface area contributed by atoms with Crippen LogP contribution in [-0.2, 0) is 11.2 Å². The fraction of sp³-hybridized carbons (Fsp3) is 0.588. The normalized spacial score (nSPS) is 12.9. The number of benzene rings is 1. The third-order valence-corrected chi connectivity index (χ3v) is 3.72. The number of ether oxygens (including phenoxy) is 1. The van der Waals surface area contributed by atoms with Crippen molar-refractivity contribution >= 4 is 11.0 Å². The molecular weight excluding hydrogens is 262 g/mol. The smallest absolute Gasteiger partial charge is 0.110 e. The van der Waals surface area contributed by atoms with Gasteiger partial charge in [-0.1, -0.05) is 19.1 Å². The van der Waals surface area contributed by atoms with Gasteiger partial charge in [0.1, 0.15) is 5.82 Å². The minimum absolute atomic E-state index is 0.404. The Balaban J connectivity index is 2.09. The van der Waals surface area contributed by atoms with Crippen LogP contribution in [0, 0.1) is 0 Å². The highest BCUT2D eigenvalue weighted by Crippen LogP contribution is 2.21. The highest BCUT2D eigenvalue weighted by Gasteiger charge is 2.14. The molecule has 1 atom stereocenters. The van der Waals surface area contributed by atoms with Crippen LogP contribution in [0.4, 0.5) is 0 Å². The van der Waals surface area contributed by atoms with Gasteiger partial charge in [-0.3, -0.25) is 0 Å². The van der Waals surface area contributed by atoms with E-state index in [0.29, 0.717) is 6.04 Å². The summed E-state index contributed by atoms with van der Waals surface area (Å²) in [5.74, 6) is 1.20. The molecule has 0 saturated heterocycles. The Kier molecular flexibility index (Phi) is 6.21. The van der Waals surface area contributed by atoms with E-state index in [0.717, 1.165) is 44.5 Å². The molecule has 4 nitrogen and oxygen atoms in total. The molecule has 0 saturated carbocycles. The first-order valence-corrected chi connectivity index (χ1v) is 7.93. The number of hydrogen-bond donors (Lipinski definition) is 1. The van der Waals surface area contributed by atoms with Crippen molar-refractivity contribution < 1.29 is 4.74 Å². The van der Waals surface area contributed by atoms with Crippen LogP contribution in [0.1, 0.15) is 38.6 Å². The SMILES string of the molecule is CCCc1nc2ccccc2n1C(C)CNCCCOC. The van der Waals surface area contributed by atoms with Crippen molar-refractivity contribution in [3.8, 4) is 0 Å². The lowest BCUT2D eigenvalue weighted by Crippen LogP contribution is -2.26. The van der Waals surface area contributed by atoms with Crippen LogP contribution in [0.15, 0.2) is 24.3 Å². The molecule has 1 N–H and O–H groups in total. The number of para-hydroxylation sites is 2. The van der Waals surface area contributed by atoms with Gasteiger partial charge in [0, 0.05) is 32.7 Å². The van der Waals surface area contributed by atoms with Crippen LogP contribution in [0.5, 0.6) is 0 Å². The van der Waals surface area contributed by atoms with Gasteiger partial charge in [-0.25, -0.2) is 4.98 Å². The number of nitrogens with one attached hydrogen (secondary N) is 1. The Morgan fingerprint density at radius 1 is 1.33 bits per heavy atom. The number of fused-ring (bicyclic) bond motifs is 1. The Morgan fingerprint density at radius 2 is 2.14 bits per heavy atom. The van der Waals surface area contributed by atoms with E-state index in [-0.39, 0.29) is 0 Å². The molecule has 21 heavy (non-hydrogen) atoms. The molecule has 0 radical (unpaired) electrons. The van der Waals surface area contributed by atoms with Gasteiger partial charge in [0.2, 0.25) is 0 Å². The molecule has 0 aliphatic rings. The van der Waals surface area contributed by atoms with Crippen LogP contribution < -0.4 is 5.32 Å². The van der Waals surface area contributed by atoms with Crippen molar-refractivity contribution in [3.63, 3.8) is 0 Å². The van der Waals surface area contributed by atoms with E-state index >= 15 is 0 Å². The number of hydrogen-bond acceptors (Lipinski definition) is 3. The lowest BCUT2D eigenvalue weighted by molar-refractivity contribution is 0.194. The van der Waals surface area contributed by atoms with Crippen molar-refractivity contribution in [2.24, 2.45) is 0 Å². The maximum Gasteiger partial charge on any atom is 0.110 e. The maximum absolute atomic E-state index is 5.07. The highest BCUT2D eigenvalue weighted by molar-refractivity contribution is 5.76. The molecule has 116 valence electrons. The number of nitrogens with zero attached hydrogens (tertiary/aromatic N) is 2. The summed E-state index contributed by atoms with van der Waals surface area (Å²) in [4.78, 5) is 4.80. The number of rotatable bonds is 9. The molecule has 2 aromatic rings. The molecule has 1 unspecified atom stereocenters. The Labute approximate surface area is 127 Å². The molecule has 1 aromatic heterocycles. The molecule has 0 spiro atoms. The third kappa shape index (κ3) is 4.05. The summed E-state index contributed by atoms with van der Waals surface area (Å²) in [5.41, 5.74) is 2.35. The number of aromatic nitrogens is 2.